The third-order valence-corrected chi connectivity index (χ3v) is 5.28. The maximum absolute atomic E-state index is 12.9. The zero-order valence-corrected chi connectivity index (χ0v) is 17.7. The van der Waals surface area contributed by atoms with Gasteiger partial charge >= 0.3 is 0 Å². The first kappa shape index (κ1) is 21.5. The van der Waals surface area contributed by atoms with Crippen LogP contribution in [-0.4, -0.2) is 69.1 Å². The smallest absolute Gasteiger partial charge is 0.257 e. The van der Waals surface area contributed by atoms with Crippen molar-refractivity contribution >= 4 is 11.8 Å². The molecule has 2 aromatic rings. The molecule has 7 nitrogen and oxygen atoms in total. The first-order valence-electron chi connectivity index (χ1n) is 9.98. The van der Waals surface area contributed by atoms with Gasteiger partial charge in [0.05, 0.1) is 33.3 Å². The monoisotopic (exact) mass is 412 g/mol. The van der Waals surface area contributed by atoms with Gasteiger partial charge in [0.15, 0.2) is 11.5 Å². The van der Waals surface area contributed by atoms with E-state index in [9.17, 15) is 9.59 Å². The molecule has 30 heavy (non-hydrogen) atoms. The molecular formula is C23H28N2O5. The summed E-state index contributed by atoms with van der Waals surface area (Å²) in [5.41, 5.74) is 1.41. The van der Waals surface area contributed by atoms with Crippen LogP contribution in [0.15, 0.2) is 42.5 Å². The van der Waals surface area contributed by atoms with Crippen LogP contribution in [-0.2, 0) is 11.2 Å². The Kier molecular flexibility index (Phi) is 7.17. The number of amides is 2. The molecule has 160 valence electrons. The Morgan fingerprint density at radius 2 is 1.47 bits per heavy atom. The molecule has 0 aromatic heterocycles. The van der Waals surface area contributed by atoms with Crippen LogP contribution in [0.5, 0.6) is 17.2 Å². The van der Waals surface area contributed by atoms with E-state index in [0.717, 1.165) is 12.0 Å². The summed E-state index contributed by atoms with van der Waals surface area (Å²) < 4.78 is 15.9. The summed E-state index contributed by atoms with van der Waals surface area (Å²) in [5, 5.41) is 0. The maximum Gasteiger partial charge on any atom is 0.257 e. The number of hydrogen-bond donors (Lipinski definition) is 0. The predicted octanol–water partition coefficient (Wildman–Crippen LogP) is 2.63. The van der Waals surface area contributed by atoms with Crippen LogP contribution >= 0.6 is 0 Å². The molecule has 0 unspecified atom stereocenters. The van der Waals surface area contributed by atoms with Gasteiger partial charge in [-0.1, -0.05) is 18.2 Å². The van der Waals surface area contributed by atoms with Crippen molar-refractivity contribution in [2.45, 2.75) is 12.8 Å². The highest BCUT2D eigenvalue weighted by Gasteiger charge is 2.24. The molecule has 1 fully saturated rings. The highest BCUT2D eigenvalue weighted by Crippen LogP contribution is 2.28. The highest BCUT2D eigenvalue weighted by molar-refractivity contribution is 5.97. The van der Waals surface area contributed by atoms with E-state index in [1.165, 1.54) is 0 Å². The van der Waals surface area contributed by atoms with E-state index in [1.54, 1.807) is 44.4 Å². The van der Waals surface area contributed by atoms with Gasteiger partial charge in [-0.15, -0.1) is 0 Å². The topological polar surface area (TPSA) is 68.3 Å². The van der Waals surface area contributed by atoms with Crippen LogP contribution in [0, 0.1) is 0 Å². The average molecular weight is 412 g/mol. The fourth-order valence-corrected chi connectivity index (χ4v) is 3.64. The molecular weight excluding hydrogens is 384 g/mol. The molecule has 1 aliphatic heterocycles. The number of benzene rings is 2. The molecule has 7 heteroatoms. The normalized spacial score (nSPS) is 14.1. The Bertz CT molecular complexity index is 899. The van der Waals surface area contributed by atoms with E-state index >= 15 is 0 Å². The molecule has 0 saturated carbocycles. The van der Waals surface area contributed by atoms with Crippen LogP contribution in [0.4, 0.5) is 0 Å². The molecule has 3 rings (SSSR count). The Labute approximate surface area is 177 Å². The number of methoxy groups -OCH3 is 3. The Morgan fingerprint density at radius 3 is 2.20 bits per heavy atom. The van der Waals surface area contributed by atoms with E-state index in [2.05, 4.69) is 0 Å². The molecule has 1 saturated heterocycles. The van der Waals surface area contributed by atoms with Crippen molar-refractivity contribution in [3.05, 3.63) is 53.6 Å². The minimum absolute atomic E-state index is 0.0359. The quantitative estimate of drug-likeness (QED) is 0.730. The van der Waals surface area contributed by atoms with Crippen LogP contribution in [0.3, 0.4) is 0 Å². The lowest BCUT2D eigenvalue weighted by Crippen LogP contribution is -2.38. The van der Waals surface area contributed by atoms with Gasteiger partial charge < -0.3 is 24.0 Å². The second-order valence-electron chi connectivity index (χ2n) is 7.09. The fraction of sp³-hybridized carbons (Fsp3) is 0.391. The lowest BCUT2D eigenvalue weighted by atomic mass is 10.1. The summed E-state index contributed by atoms with van der Waals surface area (Å²) >= 11 is 0. The second-order valence-corrected chi connectivity index (χ2v) is 7.09. The number of ether oxygens (including phenoxy) is 3. The van der Waals surface area contributed by atoms with E-state index in [4.69, 9.17) is 14.2 Å². The summed E-state index contributed by atoms with van der Waals surface area (Å²) in [6.07, 6.45) is 1.01. The van der Waals surface area contributed by atoms with Crippen molar-refractivity contribution in [3.8, 4) is 17.2 Å². The Morgan fingerprint density at radius 1 is 0.800 bits per heavy atom. The van der Waals surface area contributed by atoms with Gasteiger partial charge in [-0.3, -0.25) is 9.59 Å². The van der Waals surface area contributed by atoms with Crippen molar-refractivity contribution in [2.24, 2.45) is 0 Å². The minimum atomic E-state index is -0.0679. The van der Waals surface area contributed by atoms with Gasteiger partial charge in [-0.2, -0.15) is 0 Å². The largest absolute Gasteiger partial charge is 0.496 e. The number of para-hydroxylation sites is 1. The van der Waals surface area contributed by atoms with E-state index in [0.29, 0.717) is 49.0 Å². The Hall–Kier alpha value is -3.22. The molecule has 0 bridgehead atoms. The summed E-state index contributed by atoms with van der Waals surface area (Å²) in [6.45, 7) is 2.24. The van der Waals surface area contributed by atoms with Crippen molar-refractivity contribution in [1.29, 1.82) is 0 Å². The fourth-order valence-electron chi connectivity index (χ4n) is 3.64. The highest BCUT2D eigenvalue weighted by atomic mass is 16.5. The number of carbonyl (C=O) groups excluding carboxylic acids is 2. The van der Waals surface area contributed by atoms with E-state index < -0.39 is 0 Å². The van der Waals surface area contributed by atoms with Crippen LogP contribution in [0.2, 0.25) is 0 Å². The molecule has 1 heterocycles. The van der Waals surface area contributed by atoms with Gasteiger partial charge in [-0.05, 0) is 36.2 Å². The third-order valence-electron chi connectivity index (χ3n) is 5.28. The summed E-state index contributed by atoms with van der Waals surface area (Å²) in [7, 11) is 4.71. The van der Waals surface area contributed by atoms with E-state index in [-0.39, 0.29) is 18.2 Å². The molecule has 0 radical (unpaired) electrons. The number of nitrogens with zero attached hydrogens (tertiary/aromatic N) is 2. The second kappa shape index (κ2) is 10.0. The SMILES string of the molecule is COc1ccc(CC(=O)N2CCCN(C(=O)c3ccccc3OC)CC2)cc1OC. The summed E-state index contributed by atoms with van der Waals surface area (Å²) in [6, 6.07) is 12.7. The minimum Gasteiger partial charge on any atom is -0.496 e. The lowest BCUT2D eigenvalue weighted by molar-refractivity contribution is -0.130. The molecule has 2 amide bonds. The van der Waals surface area contributed by atoms with Crippen LogP contribution in [0.25, 0.3) is 0 Å². The number of carbonyl (C=O) groups is 2. The van der Waals surface area contributed by atoms with Gasteiger partial charge in [0, 0.05) is 26.2 Å². The van der Waals surface area contributed by atoms with Crippen molar-refractivity contribution in [1.82, 2.24) is 9.80 Å². The van der Waals surface area contributed by atoms with Crippen LogP contribution < -0.4 is 14.2 Å². The molecule has 0 atom stereocenters. The summed E-state index contributed by atoms with van der Waals surface area (Å²) in [4.78, 5) is 29.4. The average Bonchev–Trinajstić information content (AvgIpc) is 3.05. The van der Waals surface area contributed by atoms with Gasteiger partial charge in [0.1, 0.15) is 5.75 Å². The van der Waals surface area contributed by atoms with Crippen molar-refractivity contribution in [2.75, 3.05) is 47.5 Å². The molecule has 0 N–H and O–H groups in total. The molecule has 0 spiro atoms. The van der Waals surface area contributed by atoms with Crippen LogP contribution in [0.1, 0.15) is 22.3 Å². The van der Waals surface area contributed by atoms with E-state index in [1.807, 2.05) is 29.2 Å². The first-order valence-corrected chi connectivity index (χ1v) is 9.98. The third kappa shape index (κ3) is 4.84. The Balaban J connectivity index is 1.63. The molecule has 2 aromatic carbocycles. The van der Waals surface area contributed by atoms with Crippen molar-refractivity contribution in [3.63, 3.8) is 0 Å². The van der Waals surface area contributed by atoms with Gasteiger partial charge in [0.2, 0.25) is 5.91 Å². The van der Waals surface area contributed by atoms with Crippen molar-refractivity contribution < 1.29 is 23.8 Å². The van der Waals surface area contributed by atoms with Gasteiger partial charge in [-0.25, -0.2) is 0 Å². The first-order chi connectivity index (χ1) is 14.6. The molecule has 1 aliphatic rings. The zero-order valence-electron chi connectivity index (χ0n) is 17.7. The summed E-state index contributed by atoms with van der Waals surface area (Å²) in [5.74, 6) is 1.77. The number of rotatable bonds is 6. The standard InChI is InChI=1S/C23H28N2O5/c1-28-19-8-5-4-7-18(19)23(27)25-12-6-11-24(13-14-25)22(26)16-17-9-10-20(29-2)21(15-17)30-3/h4-5,7-10,15H,6,11-14,16H2,1-3H3. The van der Waals surface area contributed by atoms with Gasteiger partial charge in [0.25, 0.3) is 5.91 Å². The lowest BCUT2D eigenvalue weighted by Gasteiger charge is -2.23. The zero-order chi connectivity index (χ0) is 21.5. The predicted molar refractivity (Wildman–Crippen MR) is 113 cm³/mol. The number of hydrogen-bond acceptors (Lipinski definition) is 5. The molecule has 0 aliphatic carbocycles. The maximum atomic E-state index is 12.9.